The molecule has 0 bridgehead atoms. The van der Waals surface area contributed by atoms with E-state index in [1.807, 2.05) is 0 Å². The van der Waals surface area contributed by atoms with Gasteiger partial charge in [-0.2, -0.15) is 0 Å². The van der Waals surface area contributed by atoms with Gasteiger partial charge in [-0.1, -0.05) is 172 Å². The number of likely N-dealkylation sites (N-methyl/N-ethyl adjacent to an activating group) is 1. The van der Waals surface area contributed by atoms with Crippen LogP contribution in [0, 0.1) is 17.3 Å². The second kappa shape index (κ2) is 29.1. The van der Waals surface area contributed by atoms with Crippen LogP contribution >= 0.6 is 0 Å². The molecule has 2 saturated carbocycles. The summed E-state index contributed by atoms with van der Waals surface area (Å²) in [7, 11) is 2.24. The smallest absolute Gasteiger partial charge is 0.169 e. The maximum Gasteiger partial charge on any atom is 0.169 e. The molecular formula is C53H93NO2. The van der Waals surface area contributed by atoms with Crippen LogP contribution in [0.15, 0.2) is 48.6 Å². The van der Waals surface area contributed by atoms with Crippen molar-refractivity contribution in [2.45, 2.75) is 250 Å². The van der Waals surface area contributed by atoms with Gasteiger partial charge in [0.2, 0.25) is 0 Å². The number of rotatable bonds is 31. The zero-order valence-electron chi connectivity index (χ0n) is 37.6. The zero-order valence-corrected chi connectivity index (χ0v) is 37.6. The Morgan fingerprint density at radius 3 is 1.68 bits per heavy atom. The number of unbranched alkanes of at least 4 members (excludes halogenated alkanes) is 15. The maximum atomic E-state index is 6.80. The Hall–Kier alpha value is -1.16. The van der Waals surface area contributed by atoms with Crippen LogP contribution in [0.3, 0.4) is 0 Å². The van der Waals surface area contributed by atoms with Crippen LogP contribution in [0.1, 0.15) is 232 Å². The third-order valence-corrected chi connectivity index (χ3v) is 14.5. The van der Waals surface area contributed by atoms with Gasteiger partial charge < -0.3 is 14.4 Å². The van der Waals surface area contributed by atoms with Gasteiger partial charge in [0, 0.05) is 25.9 Å². The van der Waals surface area contributed by atoms with Gasteiger partial charge in [0.05, 0.1) is 12.2 Å². The summed E-state index contributed by atoms with van der Waals surface area (Å²) in [5.74, 6) is 1.63. The van der Waals surface area contributed by atoms with E-state index in [9.17, 15) is 0 Å². The van der Waals surface area contributed by atoms with Crippen molar-refractivity contribution in [1.29, 1.82) is 0 Å². The van der Waals surface area contributed by atoms with Crippen molar-refractivity contribution in [1.82, 2.24) is 4.90 Å². The van der Waals surface area contributed by atoms with E-state index in [-0.39, 0.29) is 11.9 Å². The van der Waals surface area contributed by atoms with E-state index in [0.29, 0.717) is 11.5 Å². The van der Waals surface area contributed by atoms with E-state index in [2.05, 4.69) is 74.4 Å². The zero-order chi connectivity index (χ0) is 39.4. The lowest BCUT2D eigenvalue weighted by Gasteiger charge is -2.44. The Morgan fingerprint density at radius 2 is 1.07 bits per heavy atom. The lowest BCUT2D eigenvalue weighted by molar-refractivity contribution is -0.208. The molecule has 2 aliphatic carbocycles. The second-order valence-corrected chi connectivity index (χ2v) is 19.3. The molecule has 4 aliphatic rings. The molecule has 3 nitrogen and oxygen atoms in total. The molecule has 2 aliphatic heterocycles. The average Bonchev–Trinajstić information content (AvgIpc) is 3.87. The maximum absolute atomic E-state index is 6.80. The number of hydrogen-bond acceptors (Lipinski definition) is 3. The summed E-state index contributed by atoms with van der Waals surface area (Å²) in [4.78, 5) is 2.43. The molecule has 0 aromatic heterocycles. The van der Waals surface area contributed by atoms with Crippen molar-refractivity contribution in [2.75, 3.05) is 20.1 Å². The molecular weight excluding hydrogens is 683 g/mol. The first-order valence-corrected chi connectivity index (χ1v) is 25.2. The highest BCUT2D eigenvalue weighted by Gasteiger charge is 2.52. The average molecular weight is 776 g/mol. The highest BCUT2D eigenvalue weighted by molar-refractivity contribution is 4.98. The largest absolute Gasteiger partial charge is 0.344 e. The van der Waals surface area contributed by atoms with Crippen molar-refractivity contribution in [3.8, 4) is 0 Å². The van der Waals surface area contributed by atoms with Crippen LogP contribution in [-0.4, -0.2) is 43.0 Å². The van der Waals surface area contributed by atoms with Crippen LogP contribution in [-0.2, 0) is 9.47 Å². The van der Waals surface area contributed by atoms with E-state index in [1.54, 1.807) is 0 Å². The van der Waals surface area contributed by atoms with Crippen LogP contribution in [0.2, 0.25) is 0 Å². The molecule has 4 rings (SSSR count). The van der Waals surface area contributed by atoms with Crippen molar-refractivity contribution in [2.24, 2.45) is 17.3 Å². The van der Waals surface area contributed by atoms with Gasteiger partial charge in [-0.05, 0) is 121 Å². The minimum atomic E-state index is -0.280. The third kappa shape index (κ3) is 18.8. The predicted octanol–water partition coefficient (Wildman–Crippen LogP) is 16.2. The van der Waals surface area contributed by atoms with E-state index in [0.717, 1.165) is 57.0 Å². The van der Waals surface area contributed by atoms with Gasteiger partial charge in [0.15, 0.2) is 5.79 Å². The predicted molar refractivity (Wildman–Crippen MR) is 244 cm³/mol. The lowest BCUT2D eigenvalue weighted by Crippen LogP contribution is -2.43. The molecule has 0 aromatic rings. The van der Waals surface area contributed by atoms with Crippen LogP contribution in [0.25, 0.3) is 0 Å². The monoisotopic (exact) mass is 776 g/mol. The molecule has 4 fully saturated rings. The summed E-state index contributed by atoms with van der Waals surface area (Å²) in [5, 5.41) is 0. The van der Waals surface area contributed by atoms with E-state index < -0.39 is 0 Å². The van der Waals surface area contributed by atoms with Gasteiger partial charge in [-0.15, -0.1) is 0 Å². The van der Waals surface area contributed by atoms with Gasteiger partial charge in [0.1, 0.15) is 0 Å². The number of fused-ring (bicyclic) bond motifs is 1. The summed E-state index contributed by atoms with van der Waals surface area (Å²) in [6.45, 7) is 6.76. The molecule has 3 heteroatoms. The fraction of sp³-hybridized carbons (Fsp3) is 0.849. The quantitative estimate of drug-likeness (QED) is 0.0517. The number of hydrogen-bond donors (Lipinski definition) is 0. The van der Waals surface area contributed by atoms with Gasteiger partial charge >= 0.3 is 0 Å². The van der Waals surface area contributed by atoms with Crippen molar-refractivity contribution in [3.05, 3.63) is 48.6 Å². The number of nitrogens with zero attached hydrogens (tertiary/aromatic N) is 1. The number of likely N-dealkylation sites (tertiary alicyclic amines) is 1. The highest BCUT2D eigenvalue weighted by Crippen LogP contribution is 2.52. The Morgan fingerprint density at radius 1 is 0.554 bits per heavy atom. The molecule has 1 spiro atoms. The summed E-state index contributed by atoms with van der Waals surface area (Å²) in [6.07, 6.45) is 65.7. The molecule has 2 saturated heterocycles. The summed E-state index contributed by atoms with van der Waals surface area (Å²) < 4.78 is 13.6. The molecule has 0 radical (unpaired) electrons. The molecule has 322 valence electrons. The molecule has 3 atom stereocenters. The van der Waals surface area contributed by atoms with Crippen LogP contribution in [0.4, 0.5) is 0 Å². The second-order valence-electron chi connectivity index (χ2n) is 19.3. The molecule has 2 heterocycles. The van der Waals surface area contributed by atoms with E-state index in [1.165, 1.54) is 186 Å². The minimum absolute atomic E-state index is 0.280. The Bertz CT molecular complexity index is 1080. The minimum Gasteiger partial charge on any atom is -0.344 e. The molecule has 1 unspecified atom stereocenters. The van der Waals surface area contributed by atoms with Gasteiger partial charge in [-0.25, -0.2) is 0 Å². The van der Waals surface area contributed by atoms with Crippen molar-refractivity contribution >= 4 is 0 Å². The fourth-order valence-electron chi connectivity index (χ4n) is 10.8. The topological polar surface area (TPSA) is 21.7 Å². The Labute approximate surface area is 349 Å². The van der Waals surface area contributed by atoms with Crippen LogP contribution in [0.5, 0.6) is 0 Å². The number of piperidine rings is 1. The Kier molecular flexibility index (Phi) is 24.7. The summed E-state index contributed by atoms with van der Waals surface area (Å²) in [6, 6.07) is 0. The van der Waals surface area contributed by atoms with Gasteiger partial charge in [0.25, 0.3) is 0 Å². The Balaban J connectivity index is 1.14. The SMILES string of the molecule is CCCCC/C=C\C/C=C\CCCCCCCCC1(CCCCCCC(C/C=C\C/C=C\CCCCC)C2CCCC2)CCC2(CC1)O[C@H]1CN(C)CC[C@H]1O2. The first-order chi connectivity index (χ1) is 27.6. The van der Waals surface area contributed by atoms with Crippen LogP contribution < -0.4 is 0 Å². The number of ether oxygens (including phenoxy) is 2. The lowest BCUT2D eigenvalue weighted by atomic mass is 9.66. The molecule has 0 amide bonds. The standard InChI is InChI=1S/C53H93NO2/c1-4-6-8-10-12-14-15-16-17-18-19-20-22-24-27-33-40-52(42-44-53(45-43-52)55-50-39-46-54(3)47-51(50)56-53)41-34-28-26-30-36-48(49-37-31-32-38-49)35-29-25-23-21-13-11-9-7-5-2/h12-14,16-17,21,25,29,48-51H,4-11,15,18-20,22-24,26-28,30-47H2,1-3H3/b14-12-,17-16-,21-13-,29-25-/t48?,50-,51+,52?,53?/m1/s1. The highest BCUT2D eigenvalue weighted by atomic mass is 16.8. The van der Waals surface area contributed by atoms with Crippen molar-refractivity contribution < 1.29 is 9.47 Å². The van der Waals surface area contributed by atoms with Crippen molar-refractivity contribution in [3.63, 3.8) is 0 Å². The first-order valence-electron chi connectivity index (χ1n) is 25.2. The van der Waals surface area contributed by atoms with Gasteiger partial charge in [-0.3, -0.25) is 0 Å². The number of allylic oxidation sites excluding steroid dienone is 8. The fourth-order valence-corrected chi connectivity index (χ4v) is 10.8. The van der Waals surface area contributed by atoms with E-state index >= 15 is 0 Å². The summed E-state index contributed by atoms with van der Waals surface area (Å²) in [5.41, 5.74) is 0.513. The summed E-state index contributed by atoms with van der Waals surface area (Å²) >= 11 is 0. The molecule has 56 heavy (non-hydrogen) atoms. The van der Waals surface area contributed by atoms with E-state index in [4.69, 9.17) is 9.47 Å². The molecule has 0 aromatic carbocycles. The molecule has 0 N–H and O–H groups in total. The third-order valence-electron chi connectivity index (χ3n) is 14.5. The first kappa shape index (κ1) is 47.5. The normalized spacial score (nSPS) is 27.0.